The predicted octanol–water partition coefficient (Wildman–Crippen LogP) is 2.03. The molecule has 4 nitrogen and oxygen atoms in total. The summed E-state index contributed by atoms with van der Waals surface area (Å²) >= 11 is 0. The Morgan fingerprint density at radius 3 is 2.70 bits per heavy atom. The molecule has 0 radical (unpaired) electrons. The first-order chi connectivity index (χ1) is 9.74. The summed E-state index contributed by atoms with van der Waals surface area (Å²) in [5, 5.41) is 2.93. The minimum atomic E-state index is -0.104. The average molecular weight is 269 g/mol. The van der Waals surface area contributed by atoms with Crippen molar-refractivity contribution in [1.29, 1.82) is 0 Å². The first-order valence-electron chi connectivity index (χ1n) is 6.74. The third kappa shape index (κ3) is 3.42. The van der Waals surface area contributed by atoms with E-state index >= 15 is 0 Å². The van der Waals surface area contributed by atoms with E-state index in [1.165, 1.54) is 5.56 Å². The van der Waals surface area contributed by atoms with Gasteiger partial charge in [-0.1, -0.05) is 31.2 Å². The molecule has 0 saturated carbocycles. The second kappa shape index (κ2) is 6.82. The lowest BCUT2D eigenvalue weighted by Crippen LogP contribution is -2.23. The number of aromatic nitrogens is 1. The Labute approximate surface area is 119 Å². The van der Waals surface area contributed by atoms with Crippen LogP contribution in [-0.4, -0.2) is 10.9 Å². The molecule has 0 spiro atoms. The van der Waals surface area contributed by atoms with Gasteiger partial charge < -0.3 is 11.1 Å². The van der Waals surface area contributed by atoms with Gasteiger partial charge in [0, 0.05) is 24.8 Å². The summed E-state index contributed by atoms with van der Waals surface area (Å²) in [6, 6.07) is 11.5. The van der Waals surface area contributed by atoms with E-state index in [0.29, 0.717) is 24.3 Å². The highest BCUT2D eigenvalue weighted by atomic mass is 16.1. The zero-order valence-corrected chi connectivity index (χ0v) is 11.6. The SMILES string of the molecule is CCc1ccccc1CNC(=O)c1ccnc(CN)c1. The predicted molar refractivity (Wildman–Crippen MR) is 79.1 cm³/mol. The summed E-state index contributed by atoms with van der Waals surface area (Å²) in [5.41, 5.74) is 9.24. The van der Waals surface area contributed by atoms with E-state index in [1.807, 2.05) is 18.2 Å². The molecule has 0 unspecified atom stereocenters. The zero-order valence-electron chi connectivity index (χ0n) is 11.6. The van der Waals surface area contributed by atoms with E-state index < -0.39 is 0 Å². The van der Waals surface area contributed by atoms with Crippen molar-refractivity contribution in [3.05, 3.63) is 65.0 Å². The van der Waals surface area contributed by atoms with Crippen LogP contribution in [0.3, 0.4) is 0 Å². The molecule has 1 amide bonds. The molecule has 0 saturated heterocycles. The van der Waals surface area contributed by atoms with Gasteiger partial charge >= 0.3 is 0 Å². The molecular formula is C16H19N3O. The van der Waals surface area contributed by atoms with Gasteiger partial charge in [-0.05, 0) is 29.7 Å². The Bertz CT molecular complexity index is 596. The maximum atomic E-state index is 12.1. The van der Waals surface area contributed by atoms with Crippen molar-refractivity contribution in [2.45, 2.75) is 26.4 Å². The van der Waals surface area contributed by atoms with E-state index in [9.17, 15) is 4.79 Å². The molecule has 0 aliphatic heterocycles. The van der Waals surface area contributed by atoms with Gasteiger partial charge in [0.1, 0.15) is 0 Å². The monoisotopic (exact) mass is 269 g/mol. The van der Waals surface area contributed by atoms with Crippen molar-refractivity contribution in [2.75, 3.05) is 0 Å². The number of nitrogens with two attached hydrogens (primary N) is 1. The Balaban J connectivity index is 2.04. The third-order valence-electron chi connectivity index (χ3n) is 3.23. The Morgan fingerprint density at radius 2 is 2.00 bits per heavy atom. The van der Waals surface area contributed by atoms with Gasteiger partial charge in [-0.3, -0.25) is 9.78 Å². The number of carbonyl (C=O) groups excluding carboxylic acids is 1. The second-order valence-corrected chi connectivity index (χ2v) is 4.54. The number of hydrogen-bond donors (Lipinski definition) is 2. The fourth-order valence-electron chi connectivity index (χ4n) is 2.08. The average Bonchev–Trinajstić information content (AvgIpc) is 2.52. The van der Waals surface area contributed by atoms with Crippen molar-refractivity contribution in [3.8, 4) is 0 Å². The number of nitrogens with one attached hydrogen (secondary N) is 1. The number of rotatable bonds is 5. The van der Waals surface area contributed by atoms with Crippen molar-refractivity contribution in [3.63, 3.8) is 0 Å². The van der Waals surface area contributed by atoms with Gasteiger partial charge in [0.2, 0.25) is 0 Å². The molecule has 1 heterocycles. The van der Waals surface area contributed by atoms with E-state index in [0.717, 1.165) is 12.0 Å². The molecular weight excluding hydrogens is 250 g/mol. The number of carbonyl (C=O) groups is 1. The van der Waals surface area contributed by atoms with Crippen LogP contribution < -0.4 is 11.1 Å². The lowest BCUT2D eigenvalue weighted by atomic mass is 10.1. The highest BCUT2D eigenvalue weighted by Crippen LogP contribution is 2.09. The lowest BCUT2D eigenvalue weighted by molar-refractivity contribution is 0.0950. The van der Waals surface area contributed by atoms with Gasteiger partial charge in [0.25, 0.3) is 5.91 Å². The van der Waals surface area contributed by atoms with E-state index in [4.69, 9.17) is 5.73 Å². The number of amides is 1. The minimum absolute atomic E-state index is 0.104. The fraction of sp³-hybridized carbons (Fsp3) is 0.250. The summed E-state index contributed by atoms with van der Waals surface area (Å²) in [6.07, 6.45) is 2.57. The van der Waals surface area contributed by atoms with E-state index in [2.05, 4.69) is 23.3 Å². The fourth-order valence-corrected chi connectivity index (χ4v) is 2.08. The number of aryl methyl sites for hydroxylation is 1. The van der Waals surface area contributed by atoms with Crippen LogP contribution in [0.4, 0.5) is 0 Å². The van der Waals surface area contributed by atoms with Crippen LogP contribution >= 0.6 is 0 Å². The summed E-state index contributed by atoms with van der Waals surface area (Å²) in [7, 11) is 0. The topological polar surface area (TPSA) is 68.0 Å². The molecule has 0 aliphatic rings. The second-order valence-electron chi connectivity index (χ2n) is 4.54. The summed E-state index contributed by atoms with van der Waals surface area (Å²) < 4.78 is 0. The molecule has 4 heteroatoms. The molecule has 0 atom stereocenters. The van der Waals surface area contributed by atoms with Crippen LogP contribution in [0.25, 0.3) is 0 Å². The minimum Gasteiger partial charge on any atom is -0.348 e. The highest BCUT2D eigenvalue weighted by molar-refractivity contribution is 5.94. The Morgan fingerprint density at radius 1 is 1.25 bits per heavy atom. The van der Waals surface area contributed by atoms with Crippen LogP contribution in [0.15, 0.2) is 42.6 Å². The van der Waals surface area contributed by atoms with Crippen LogP contribution in [0.1, 0.15) is 34.1 Å². The van der Waals surface area contributed by atoms with Crippen LogP contribution in [-0.2, 0) is 19.5 Å². The normalized spacial score (nSPS) is 10.3. The van der Waals surface area contributed by atoms with Gasteiger partial charge in [-0.2, -0.15) is 0 Å². The largest absolute Gasteiger partial charge is 0.348 e. The molecule has 20 heavy (non-hydrogen) atoms. The molecule has 0 fully saturated rings. The van der Waals surface area contributed by atoms with Gasteiger partial charge in [0.05, 0.1) is 5.69 Å². The van der Waals surface area contributed by atoms with Crippen molar-refractivity contribution >= 4 is 5.91 Å². The van der Waals surface area contributed by atoms with Crippen LogP contribution in [0.2, 0.25) is 0 Å². The third-order valence-corrected chi connectivity index (χ3v) is 3.23. The number of hydrogen-bond acceptors (Lipinski definition) is 3. The maximum Gasteiger partial charge on any atom is 0.251 e. The molecule has 1 aromatic carbocycles. The summed E-state index contributed by atoms with van der Waals surface area (Å²) in [6.45, 7) is 2.97. The van der Waals surface area contributed by atoms with E-state index in [1.54, 1.807) is 18.3 Å². The molecule has 1 aromatic heterocycles. The summed E-state index contributed by atoms with van der Waals surface area (Å²) in [4.78, 5) is 16.2. The number of nitrogens with zero attached hydrogens (tertiary/aromatic N) is 1. The van der Waals surface area contributed by atoms with E-state index in [-0.39, 0.29) is 5.91 Å². The summed E-state index contributed by atoms with van der Waals surface area (Å²) in [5.74, 6) is -0.104. The van der Waals surface area contributed by atoms with Crippen LogP contribution in [0.5, 0.6) is 0 Å². The molecule has 104 valence electrons. The van der Waals surface area contributed by atoms with Gasteiger partial charge in [0.15, 0.2) is 0 Å². The lowest BCUT2D eigenvalue weighted by Gasteiger charge is -2.09. The molecule has 2 aromatic rings. The standard InChI is InChI=1S/C16H19N3O/c1-2-12-5-3-4-6-14(12)11-19-16(20)13-7-8-18-15(9-13)10-17/h3-9H,2,10-11,17H2,1H3,(H,19,20). The van der Waals surface area contributed by atoms with Gasteiger partial charge in [-0.15, -0.1) is 0 Å². The maximum absolute atomic E-state index is 12.1. The molecule has 3 N–H and O–H groups in total. The first-order valence-corrected chi connectivity index (χ1v) is 6.74. The molecule has 0 bridgehead atoms. The number of benzene rings is 1. The smallest absolute Gasteiger partial charge is 0.251 e. The molecule has 0 aliphatic carbocycles. The Hall–Kier alpha value is -2.20. The van der Waals surface area contributed by atoms with Crippen molar-refractivity contribution < 1.29 is 4.79 Å². The van der Waals surface area contributed by atoms with Crippen LogP contribution in [0, 0.1) is 0 Å². The first kappa shape index (κ1) is 14.2. The van der Waals surface area contributed by atoms with Crippen molar-refractivity contribution in [1.82, 2.24) is 10.3 Å². The number of pyridine rings is 1. The Kier molecular flexibility index (Phi) is 4.85. The van der Waals surface area contributed by atoms with Crippen molar-refractivity contribution in [2.24, 2.45) is 5.73 Å². The zero-order chi connectivity index (χ0) is 14.4. The van der Waals surface area contributed by atoms with Gasteiger partial charge in [-0.25, -0.2) is 0 Å². The quantitative estimate of drug-likeness (QED) is 0.872. The molecule has 2 rings (SSSR count). The highest BCUT2D eigenvalue weighted by Gasteiger charge is 2.07.